The van der Waals surface area contributed by atoms with E-state index in [1.807, 2.05) is 0 Å². The number of halogens is 12. The van der Waals surface area contributed by atoms with E-state index >= 15 is 0 Å². The summed E-state index contributed by atoms with van der Waals surface area (Å²) in [6, 6.07) is 0. The van der Waals surface area contributed by atoms with Crippen molar-refractivity contribution >= 4 is 51.3 Å². The third-order valence-electron chi connectivity index (χ3n) is 0.697. The molecule has 18 heteroatoms. The van der Waals surface area contributed by atoms with Crippen LogP contribution in [0.1, 0.15) is 6.42 Å². The summed E-state index contributed by atoms with van der Waals surface area (Å²) in [5.74, 6) is 0. The van der Waals surface area contributed by atoms with Gasteiger partial charge in [0.2, 0.25) is 0 Å². The number of hydrogen-bond donors (Lipinski definition) is 0. The first-order valence-corrected chi connectivity index (χ1v) is 5.01. The standard InChI is InChI=1S/C5H12O2.3BF4.Na.H/c1-6-4-3-5-7-2;3*2-1(3,4)5;;/h3-5H2,1-2H3;;;;;/q;3*-1;;. The Morgan fingerprint density at radius 3 is 0.739 bits per heavy atom. The Morgan fingerprint density at radius 1 is 0.522 bits per heavy atom. The molecule has 0 unspecified atom stereocenters. The first-order chi connectivity index (χ1) is 9.41. The molecule has 0 bridgehead atoms. The Labute approximate surface area is 146 Å². The van der Waals surface area contributed by atoms with Crippen molar-refractivity contribution in [2.24, 2.45) is 0 Å². The maximum absolute atomic E-state index is 9.75. The van der Waals surface area contributed by atoms with Gasteiger partial charge in [-0.2, -0.15) is 0 Å². The van der Waals surface area contributed by atoms with Crippen molar-refractivity contribution in [3.63, 3.8) is 0 Å². The Morgan fingerprint density at radius 2 is 0.652 bits per heavy atom. The normalized spacial score (nSPS) is 10.7. The average molecular weight is 389 g/mol. The van der Waals surface area contributed by atoms with E-state index in [2.05, 4.69) is 0 Å². The molecule has 0 saturated carbocycles. The van der Waals surface area contributed by atoms with Crippen LogP contribution in [0.5, 0.6) is 0 Å². The molecule has 0 saturated heterocycles. The van der Waals surface area contributed by atoms with Crippen molar-refractivity contribution in [1.82, 2.24) is 0 Å². The van der Waals surface area contributed by atoms with Crippen molar-refractivity contribution in [2.75, 3.05) is 27.4 Å². The number of rotatable bonds is 4. The van der Waals surface area contributed by atoms with E-state index < -0.39 is 21.8 Å². The van der Waals surface area contributed by atoms with E-state index in [9.17, 15) is 51.8 Å². The minimum absolute atomic E-state index is 0. The second-order valence-electron chi connectivity index (χ2n) is 2.82. The molecular formula is C5H13B3F12NaO2-3. The summed E-state index contributed by atoms with van der Waals surface area (Å²) in [7, 11) is -14.6. The third-order valence-corrected chi connectivity index (χ3v) is 0.697. The summed E-state index contributed by atoms with van der Waals surface area (Å²) in [5.41, 5.74) is 0. The van der Waals surface area contributed by atoms with Crippen molar-refractivity contribution < 1.29 is 61.3 Å². The van der Waals surface area contributed by atoms with Gasteiger partial charge in [0.25, 0.3) is 0 Å². The molecule has 142 valence electrons. The van der Waals surface area contributed by atoms with E-state index in [0.29, 0.717) is 0 Å². The van der Waals surface area contributed by atoms with E-state index in [1.54, 1.807) is 14.2 Å². The van der Waals surface area contributed by atoms with Crippen LogP contribution >= 0.6 is 0 Å². The van der Waals surface area contributed by atoms with Crippen molar-refractivity contribution in [1.29, 1.82) is 0 Å². The van der Waals surface area contributed by atoms with Gasteiger partial charge >= 0.3 is 51.3 Å². The van der Waals surface area contributed by atoms with Gasteiger partial charge in [-0.1, -0.05) is 0 Å². The molecule has 0 aromatic carbocycles. The first kappa shape index (κ1) is 34.6. The van der Waals surface area contributed by atoms with Crippen molar-refractivity contribution in [2.45, 2.75) is 6.42 Å². The molecule has 0 rings (SSSR count). The van der Waals surface area contributed by atoms with Crippen LogP contribution < -0.4 is 0 Å². The molecule has 0 spiro atoms. The molecule has 2 nitrogen and oxygen atoms in total. The van der Waals surface area contributed by atoms with E-state index in [-0.39, 0.29) is 29.6 Å². The van der Waals surface area contributed by atoms with E-state index in [0.717, 1.165) is 19.6 Å². The Balaban J connectivity index is -0.0000000625. The molecule has 0 fully saturated rings. The van der Waals surface area contributed by atoms with Crippen molar-refractivity contribution in [3.8, 4) is 0 Å². The monoisotopic (exact) mass is 389 g/mol. The van der Waals surface area contributed by atoms with Crippen LogP contribution in [0, 0.1) is 0 Å². The summed E-state index contributed by atoms with van der Waals surface area (Å²) in [4.78, 5) is 0. The van der Waals surface area contributed by atoms with Crippen LogP contribution in [0.2, 0.25) is 0 Å². The summed E-state index contributed by atoms with van der Waals surface area (Å²) < 4.78 is 127. The van der Waals surface area contributed by atoms with E-state index in [1.165, 1.54) is 0 Å². The molecule has 23 heavy (non-hydrogen) atoms. The van der Waals surface area contributed by atoms with Gasteiger partial charge < -0.3 is 61.3 Å². The zero-order valence-electron chi connectivity index (χ0n) is 11.2. The topological polar surface area (TPSA) is 18.5 Å². The summed E-state index contributed by atoms with van der Waals surface area (Å²) in [5, 5.41) is 0. The molecule has 0 heterocycles. The zero-order chi connectivity index (χ0) is 19.0. The predicted molar refractivity (Wildman–Crippen MR) is 66.1 cm³/mol. The van der Waals surface area contributed by atoms with Gasteiger partial charge in [0, 0.05) is 27.4 Å². The molecule has 0 atom stereocenters. The molecule has 0 N–H and O–H groups in total. The van der Waals surface area contributed by atoms with Gasteiger partial charge in [0.15, 0.2) is 0 Å². The third kappa shape index (κ3) is 501. The molecule has 0 amide bonds. The summed E-state index contributed by atoms with van der Waals surface area (Å²) >= 11 is 0. The quantitative estimate of drug-likeness (QED) is 0.413. The van der Waals surface area contributed by atoms with Gasteiger partial charge in [-0.15, -0.1) is 0 Å². The van der Waals surface area contributed by atoms with Crippen LogP contribution in [-0.4, -0.2) is 78.8 Å². The second-order valence-corrected chi connectivity index (χ2v) is 2.82. The average Bonchev–Trinajstić information content (AvgIpc) is 2.10. The first-order valence-electron chi connectivity index (χ1n) is 5.01. The SMILES string of the molecule is COCCCOC.F[B-](F)(F)F.F[B-](F)(F)F.F[B-](F)(F)F.[NaH]. The van der Waals surface area contributed by atoms with Crippen LogP contribution in [0.15, 0.2) is 0 Å². The van der Waals surface area contributed by atoms with Crippen LogP contribution in [-0.2, 0) is 9.47 Å². The molecular weight excluding hydrogens is 375 g/mol. The minimum atomic E-state index is -6.00. The Bertz CT molecular complexity index is 172. The molecule has 0 aliphatic heterocycles. The van der Waals surface area contributed by atoms with Crippen LogP contribution in [0.4, 0.5) is 51.8 Å². The zero-order valence-corrected chi connectivity index (χ0v) is 11.2. The van der Waals surface area contributed by atoms with Gasteiger partial charge in [0.1, 0.15) is 0 Å². The second kappa shape index (κ2) is 18.6. The molecule has 0 aromatic rings. The summed E-state index contributed by atoms with van der Waals surface area (Å²) in [6.07, 6.45) is 0.993. The predicted octanol–water partition coefficient (Wildman–Crippen LogP) is 3.92. The van der Waals surface area contributed by atoms with E-state index in [4.69, 9.17) is 9.47 Å². The fraction of sp³-hybridized carbons (Fsp3) is 1.00. The molecule has 0 radical (unpaired) electrons. The van der Waals surface area contributed by atoms with Crippen LogP contribution in [0.3, 0.4) is 0 Å². The number of ether oxygens (including phenoxy) is 2. The van der Waals surface area contributed by atoms with Gasteiger partial charge in [-0.25, -0.2) is 0 Å². The van der Waals surface area contributed by atoms with Gasteiger partial charge in [-0.3, -0.25) is 0 Å². The van der Waals surface area contributed by atoms with Gasteiger partial charge in [-0.05, 0) is 6.42 Å². The molecule has 0 aliphatic rings. The van der Waals surface area contributed by atoms with Crippen LogP contribution in [0.25, 0.3) is 0 Å². The fourth-order valence-electron chi connectivity index (χ4n) is 0.348. The summed E-state index contributed by atoms with van der Waals surface area (Å²) in [6.45, 7) is 1.60. The Kier molecular flexibility index (Phi) is 28.0. The van der Waals surface area contributed by atoms with Gasteiger partial charge in [0.05, 0.1) is 0 Å². The Hall–Kier alpha value is 0.275. The number of hydrogen-bond acceptors (Lipinski definition) is 2. The molecule has 0 aliphatic carbocycles. The maximum atomic E-state index is 9.75. The number of methoxy groups -OCH3 is 2. The fourth-order valence-corrected chi connectivity index (χ4v) is 0.348. The molecule has 0 aromatic heterocycles. The van der Waals surface area contributed by atoms with Crippen molar-refractivity contribution in [3.05, 3.63) is 0 Å².